The second-order valence-corrected chi connectivity index (χ2v) is 17.1. The number of rotatable bonds is 11. The first-order valence-corrected chi connectivity index (χ1v) is 19.0. The van der Waals surface area contributed by atoms with E-state index < -0.39 is 43.8 Å². The molecule has 46 heavy (non-hydrogen) atoms. The zero-order chi connectivity index (χ0) is 33.6. The summed E-state index contributed by atoms with van der Waals surface area (Å²) in [5.74, 6) is -2.44. The molecule has 0 aliphatic carbocycles. The average molecular weight is 662 g/mol. The third-order valence-corrected chi connectivity index (χ3v) is 12.4. The highest BCUT2D eigenvalue weighted by Gasteiger charge is 2.67. The summed E-state index contributed by atoms with van der Waals surface area (Å²) in [6.07, 6.45) is 0.812. The fourth-order valence-corrected chi connectivity index (χ4v) is 10.4. The predicted molar refractivity (Wildman–Crippen MR) is 167 cm³/mol. The number of esters is 2. The Morgan fingerprint density at radius 3 is 2.57 bits per heavy atom. The molecular weight excluding hydrogens is 617 g/mol. The number of unbranched alkanes of at least 4 members (excludes halogenated alkanes) is 1. The molecule has 0 bridgehead atoms. The molecule has 3 fully saturated rings. The van der Waals surface area contributed by atoms with Gasteiger partial charge in [0.2, 0.25) is 20.2 Å². The number of hydrogen-bond donors (Lipinski definition) is 1. The van der Waals surface area contributed by atoms with Gasteiger partial charge in [0.25, 0.3) is 5.91 Å². The lowest BCUT2D eigenvalue weighted by atomic mass is 9.82. The molecule has 1 N–H and O–H groups in total. The first-order valence-electron chi connectivity index (χ1n) is 16.0. The molecular formula is C32H44FN3O9Si. The Labute approximate surface area is 269 Å². The van der Waals surface area contributed by atoms with Crippen molar-refractivity contribution < 1.29 is 47.4 Å². The molecule has 0 radical (unpaired) electrons. The molecule has 1 aromatic rings. The predicted octanol–water partition coefficient (Wildman–Crippen LogP) is 3.15. The number of benzene rings is 1. The second kappa shape index (κ2) is 13.0. The lowest BCUT2D eigenvalue weighted by Gasteiger charge is -2.39. The Balaban J connectivity index is 1.53. The molecule has 5 rings (SSSR count). The van der Waals surface area contributed by atoms with Crippen LogP contribution in [0.1, 0.15) is 64.4 Å². The van der Waals surface area contributed by atoms with Crippen LogP contribution in [0.2, 0.25) is 18.6 Å². The third-order valence-electron chi connectivity index (χ3n) is 9.95. The highest BCUT2D eigenvalue weighted by atomic mass is 28.4. The van der Waals surface area contributed by atoms with Gasteiger partial charge >= 0.3 is 11.9 Å². The SMILES string of the molecule is COC(=O)CCCCN1C(=O)[C@]2(O[C@H](CC(=O)N3CCC[C@H]3CO)[C@@H]([Si](C)(C)F)[C@@H]2C)c2cc(N3C(=O)CC3OC(C)=O)ccc21. The number of carbonyl (C=O) groups excluding carboxylic acids is 5. The van der Waals surface area contributed by atoms with E-state index in [9.17, 15) is 29.1 Å². The van der Waals surface area contributed by atoms with Gasteiger partial charge < -0.3 is 33.2 Å². The highest BCUT2D eigenvalue weighted by Crippen LogP contribution is 2.60. The molecule has 0 saturated carbocycles. The van der Waals surface area contributed by atoms with Crippen molar-refractivity contribution in [2.75, 3.05) is 36.6 Å². The lowest BCUT2D eigenvalue weighted by Crippen LogP contribution is -2.55. The van der Waals surface area contributed by atoms with Crippen molar-refractivity contribution >= 4 is 49.4 Å². The summed E-state index contributed by atoms with van der Waals surface area (Å²) in [6.45, 7) is 6.77. The fourth-order valence-electron chi connectivity index (χ4n) is 7.88. The van der Waals surface area contributed by atoms with E-state index in [4.69, 9.17) is 14.2 Å². The molecule has 1 spiro atoms. The standard InChI is InChI=1S/C32H44FN3O9Si/c1-19-30(46(4,5)33)25(16-26(39)34-14-8-9-22(34)18-37)45-32(19)23-15-21(36-27(40)17-28(36)44-20(2)38)11-12-24(23)35(31(32)42)13-7-6-10-29(41)43-3/h11-12,15,19,22,25,28,30,37H,6-10,13-14,16-18H2,1-5H3/t19-,22-,25+,28?,30-,32+/m0/s1. The van der Waals surface area contributed by atoms with Gasteiger partial charge in [-0.05, 0) is 57.0 Å². The minimum atomic E-state index is -3.56. The van der Waals surface area contributed by atoms with E-state index >= 15 is 4.11 Å². The van der Waals surface area contributed by atoms with Gasteiger partial charge in [0.1, 0.15) is 0 Å². The maximum absolute atomic E-state index is 16.3. The molecule has 14 heteroatoms. The number of nitrogens with zero attached hydrogens (tertiary/aromatic N) is 3. The van der Waals surface area contributed by atoms with Gasteiger partial charge in [0.15, 0.2) is 11.8 Å². The topological polar surface area (TPSA) is 143 Å². The smallest absolute Gasteiger partial charge is 0.305 e. The van der Waals surface area contributed by atoms with Gasteiger partial charge in [-0.1, -0.05) is 6.92 Å². The molecule has 3 saturated heterocycles. The number of aliphatic hydroxyl groups is 1. The summed E-state index contributed by atoms with van der Waals surface area (Å²) >= 11 is 0. The number of likely N-dealkylation sites (tertiary alicyclic amines) is 1. The first kappa shape index (κ1) is 34.0. The summed E-state index contributed by atoms with van der Waals surface area (Å²) in [5, 5.41) is 9.82. The van der Waals surface area contributed by atoms with Gasteiger partial charge in [-0.15, -0.1) is 0 Å². The van der Waals surface area contributed by atoms with E-state index in [-0.39, 0.29) is 62.1 Å². The van der Waals surface area contributed by atoms with Crippen molar-refractivity contribution in [1.29, 1.82) is 0 Å². The van der Waals surface area contributed by atoms with Gasteiger partial charge in [0, 0.05) is 49.1 Å². The molecule has 0 aromatic heterocycles. The number of amides is 3. The molecule has 12 nitrogen and oxygen atoms in total. The van der Waals surface area contributed by atoms with Crippen molar-refractivity contribution in [3.05, 3.63) is 23.8 Å². The van der Waals surface area contributed by atoms with Crippen LogP contribution in [0.25, 0.3) is 0 Å². The summed E-state index contributed by atoms with van der Waals surface area (Å²) < 4.78 is 33.1. The molecule has 4 aliphatic heterocycles. The quantitative estimate of drug-likeness (QED) is 0.124. The Morgan fingerprint density at radius 2 is 1.93 bits per heavy atom. The Hall–Kier alpha value is -3.36. The van der Waals surface area contributed by atoms with Crippen molar-refractivity contribution in [1.82, 2.24) is 4.90 Å². The largest absolute Gasteiger partial charge is 0.469 e. The van der Waals surface area contributed by atoms with Crippen LogP contribution in [0.5, 0.6) is 0 Å². The number of aliphatic hydroxyl groups excluding tert-OH is 1. The average Bonchev–Trinajstić information content (AvgIpc) is 3.64. The maximum atomic E-state index is 16.3. The zero-order valence-corrected chi connectivity index (χ0v) is 28.1. The van der Waals surface area contributed by atoms with Crippen LogP contribution in [-0.4, -0.2) is 93.3 Å². The number of hydrogen-bond acceptors (Lipinski definition) is 9. The molecule has 3 amide bonds. The van der Waals surface area contributed by atoms with Gasteiger partial charge in [0.05, 0.1) is 44.4 Å². The van der Waals surface area contributed by atoms with Crippen molar-refractivity contribution in [3.63, 3.8) is 0 Å². The minimum absolute atomic E-state index is 0.0270. The van der Waals surface area contributed by atoms with E-state index in [1.54, 1.807) is 48.0 Å². The monoisotopic (exact) mass is 661 g/mol. The Bertz CT molecular complexity index is 1400. The van der Waals surface area contributed by atoms with E-state index in [0.29, 0.717) is 42.7 Å². The summed E-state index contributed by atoms with van der Waals surface area (Å²) in [6, 6.07) is 4.77. The van der Waals surface area contributed by atoms with Crippen LogP contribution in [-0.2, 0) is 43.8 Å². The molecule has 6 atom stereocenters. The van der Waals surface area contributed by atoms with Gasteiger partial charge in [-0.3, -0.25) is 28.9 Å². The number of carbonyl (C=O) groups is 5. The Morgan fingerprint density at radius 1 is 1.20 bits per heavy atom. The fraction of sp³-hybridized carbons (Fsp3) is 0.656. The maximum Gasteiger partial charge on any atom is 0.305 e. The first-order chi connectivity index (χ1) is 21.7. The number of anilines is 2. The minimum Gasteiger partial charge on any atom is -0.469 e. The molecule has 4 heterocycles. The number of methoxy groups -OCH3 is 1. The van der Waals surface area contributed by atoms with Crippen LogP contribution in [0.3, 0.4) is 0 Å². The van der Waals surface area contributed by atoms with Crippen molar-refractivity contribution in [2.24, 2.45) is 5.92 Å². The summed E-state index contributed by atoms with van der Waals surface area (Å²) in [5.41, 5.74) is -0.937. The number of β-lactam (4-membered cyclic amide) rings is 1. The number of fused-ring (bicyclic) bond motifs is 2. The van der Waals surface area contributed by atoms with Crippen LogP contribution < -0.4 is 9.80 Å². The van der Waals surface area contributed by atoms with Crippen LogP contribution >= 0.6 is 0 Å². The molecule has 1 aromatic carbocycles. The van der Waals surface area contributed by atoms with Crippen molar-refractivity contribution in [3.8, 4) is 0 Å². The lowest BCUT2D eigenvalue weighted by molar-refractivity contribution is -0.154. The normalized spacial score (nSPS) is 28.9. The van der Waals surface area contributed by atoms with E-state index in [2.05, 4.69) is 0 Å². The zero-order valence-electron chi connectivity index (χ0n) is 27.1. The summed E-state index contributed by atoms with van der Waals surface area (Å²) in [7, 11) is -2.24. The van der Waals surface area contributed by atoms with E-state index in [1.807, 2.05) is 0 Å². The van der Waals surface area contributed by atoms with Crippen molar-refractivity contribution in [2.45, 2.75) is 101 Å². The highest BCUT2D eigenvalue weighted by molar-refractivity contribution is 6.72. The molecule has 4 aliphatic rings. The van der Waals surface area contributed by atoms with Crippen LogP contribution in [0.15, 0.2) is 18.2 Å². The number of halogens is 1. The number of ether oxygens (including phenoxy) is 3. The van der Waals surface area contributed by atoms with Gasteiger partial charge in [-0.2, -0.15) is 0 Å². The Kier molecular flexibility index (Phi) is 9.63. The van der Waals surface area contributed by atoms with Crippen LogP contribution in [0.4, 0.5) is 15.5 Å². The van der Waals surface area contributed by atoms with E-state index in [0.717, 1.165) is 6.42 Å². The third kappa shape index (κ3) is 5.94. The molecule has 252 valence electrons. The van der Waals surface area contributed by atoms with E-state index in [1.165, 1.54) is 18.9 Å². The molecule has 1 unspecified atom stereocenters. The van der Waals surface area contributed by atoms with Gasteiger partial charge in [-0.25, -0.2) is 0 Å². The summed E-state index contributed by atoms with van der Waals surface area (Å²) in [4.78, 5) is 68.8. The van der Waals surface area contributed by atoms with Crippen LogP contribution in [0, 0.1) is 5.92 Å². The second-order valence-electron chi connectivity index (χ2n) is 13.3.